The fraction of sp³-hybridized carbons (Fsp3) is 0.133. The van der Waals surface area contributed by atoms with E-state index in [0.717, 1.165) is 6.07 Å². The predicted octanol–water partition coefficient (Wildman–Crippen LogP) is 3.09. The molecule has 1 aromatic carbocycles. The molecule has 5 nitrogen and oxygen atoms in total. The second-order valence-electron chi connectivity index (χ2n) is 4.03. The molecular weight excluding hydrogens is 277 g/mol. The maximum atomic E-state index is 13.8. The molecule has 0 aliphatic rings. The highest BCUT2D eigenvalue weighted by molar-refractivity contribution is 6.02. The van der Waals surface area contributed by atoms with Crippen LogP contribution >= 0.6 is 0 Å². The molecule has 0 aliphatic heterocycles. The number of carbonyl (C=O) groups excluding carboxylic acids is 1. The van der Waals surface area contributed by atoms with Crippen LogP contribution in [-0.4, -0.2) is 20.1 Å². The molecule has 1 N–H and O–H groups in total. The lowest BCUT2D eigenvalue weighted by Gasteiger charge is -2.11. The van der Waals surface area contributed by atoms with E-state index < -0.39 is 11.7 Å². The fourth-order valence-corrected chi connectivity index (χ4v) is 1.67. The quantitative estimate of drug-likeness (QED) is 0.860. The Bertz CT molecular complexity index is 650. The summed E-state index contributed by atoms with van der Waals surface area (Å²) in [5, 5.41) is 2.42. The van der Waals surface area contributed by atoms with Crippen LogP contribution in [-0.2, 0) is 4.79 Å². The Hall–Kier alpha value is -2.76. The van der Waals surface area contributed by atoms with Crippen molar-refractivity contribution < 1.29 is 23.1 Å². The molecule has 0 fully saturated rings. The van der Waals surface area contributed by atoms with Crippen LogP contribution in [0.2, 0.25) is 0 Å². The highest BCUT2D eigenvalue weighted by atomic mass is 19.1. The van der Waals surface area contributed by atoms with Crippen LogP contribution in [0.5, 0.6) is 11.5 Å². The number of furan rings is 1. The van der Waals surface area contributed by atoms with Crippen molar-refractivity contribution in [1.82, 2.24) is 0 Å². The molecule has 0 spiro atoms. The highest BCUT2D eigenvalue weighted by Gasteiger charge is 2.12. The first kappa shape index (κ1) is 14.6. The highest BCUT2D eigenvalue weighted by Crippen LogP contribution is 2.32. The van der Waals surface area contributed by atoms with Gasteiger partial charge in [0.25, 0.3) is 0 Å². The van der Waals surface area contributed by atoms with E-state index in [1.807, 2.05) is 0 Å². The average Bonchev–Trinajstić information content (AvgIpc) is 3.00. The molecule has 2 rings (SSSR count). The number of anilines is 1. The summed E-state index contributed by atoms with van der Waals surface area (Å²) in [4.78, 5) is 11.7. The smallest absolute Gasteiger partial charge is 0.248 e. The summed E-state index contributed by atoms with van der Waals surface area (Å²) in [6, 6.07) is 5.89. The van der Waals surface area contributed by atoms with Gasteiger partial charge in [-0.3, -0.25) is 4.79 Å². The van der Waals surface area contributed by atoms with Crippen LogP contribution in [0.4, 0.5) is 10.1 Å². The minimum Gasteiger partial charge on any atom is -0.493 e. The Balaban J connectivity index is 2.13. The third kappa shape index (κ3) is 3.62. The van der Waals surface area contributed by atoms with E-state index in [4.69, 9.17) is 13.9 Å². The van der Waals surface area contributed by atoms with Crippen LogP contribution in [0.3, 0.4) is 0 Å². The van der Waals surface area contributed by atoms with E-state index in [0.29, 0.717) is 11.5 Å². The Kier molecular flexibility index (Phi) is 4.61. The Morgan fingerprint density at radius 2 is 2.00 bits per heavy atom. The second-order valence-corrected chi connectivity index (χ2v) is 4.03. The molecule has 0 unspecified atom stereocenters. The van der Waals surface area contributed by atoms with Crippen molar-refractivity contribution in [2.75, 3.05) is 19.5 Å². The molecular formula is C15H14FNO4. The lowest BCUT2D eigenvalue weighted by atomic mass is 10.2. The third-order valence-corrected chi connectivity index (χ3v) is 2.67. The van der Waals surface area contributed by atoms with Crippen molar-refractivity contribution in [1.29, 1.82) is 0 Å². The summed E-state index contributed by atoms with van der Waals surface area (Å²) in [5.41, 5.74) is 0.00162. The van der Waals surface area contributed by atoms with Gasteiger partial charge in [-0.2, -0.15) is 0 Å². The summed E-state index contributed by atoms with van der Waals surface area (Å²) >= 11 is 0. The van der Waals surface area contributed by atoms with Crippen molar-refractivity contribution >= 4 is 17.7 Å². The van der Waals surface area contributed by atoms with E-state index >= 15 is 0 Å². The molecule has 2 aromatic rings. The van der Waals surface area contributed by atoms with E-state index in [9.17, 15) is 9.18 Å². The largest absolute Gasteiger partial charge is 0.493 e. The first-order valence-corrected chi connectivity index (χ1v) is 6.08. The number of rotatable bonds is 5. The van der Waals surface area contributed by atoms with Gasteiger partial charge < -0.3 is 19.2 Å². The summed E-state index contributed by atoms with van der Waals surface area (Å²) in [7, 11) is 2.83. The summed E-state index contributed by atoms with van der Waals surface area (Å²) < 4.78 is 28.9. The molecule has 1 heterocycles. The number of amides is 1. The topological polar surface area (TPSA) is 60.7 Å². The Labute approximate surface area is 121 Å². The van der Waals surface area contributed by atoms with Crippen LogP contribution < -0.4 is 14.8 Å². The molecule has 110 valence electrons. The second kappa shape index (κ2) is 6.60. The fourth-order valence-electron chi connectivity index (χ4n) is 1.67. The summed E-state index contributed by atoms with van der Waals surface area (Å²) in [5.74, 6) is -0.00815. The van der Waals surface area contributed by atoms with Crippen LogP contribution in [0.15, 0.2) is 41.0 Å². The molecule has 0 saturated heterocycles. The summed E-state index contributed by atoms with van der Waals surface area (Å²) in [6.45, 7) is 0. The molecule has 1 amide bonds. The van der Waals surface area contributed by atoms with E-state index in [2.05, 4.69) is 5.32 Å². The zero-order valence-corrected chi connectivity index (χ0v) is 11.6. The van der Waals surface area contributed by atoms with Gasteiger partial charge in [-0.1, -0.05) is 0 Å². The van der Waals surface area contributed by atoms with Gasteiger partial charge in [0.05, 0.1) is 26.2 Å². The van der Waals surface area contributed by atoms with Crippen molar-refractivity contribution in [2.45, 2.75) is 0 Å². The first-order valence-electron chi connectivity index (χ1n) is 6.08. The van der Waals surface area contributed by atoms with Gasteiger partial charge in [-0.25, -0.2) is 4.39 Å². The minimum atomic E-state index is -0.618. The number of halogens is 1. The average molecular weight is 291 g/mol. The van der Waals surface area contributed by atoms with E-state index in [1.54, 1.807) is 12.1 Å². The molecule has 0 aliphatic carbocycles. The zero-order valence-electron chi connectivity index (χ0n) is 11.6. The van der Waals surface area contributed by atoms with Crippen LogP contribution in [0.25, 0.3) is 6.08 Å². The normalized spacial score (nSPS) is 10.6. The van der Waals surface area contributed by atoms with Crippen molar-refractivity contribution in [3.05, 3.63) is 48.2 Å². The molecule has 0 atom stereocenters. The molecule has 6 heteroatoms. The van der Waals surface area contributed by atoms with E-state index in [-0.39, 0.29) is 11.4 Å². The molecule has 0 radical (unpaired) electrons. The van der Waals surface area contributed by atoms with Gasteiger partial charge in [-0.05, 0) is 18.2 Å². The standard InChI is InChI=1S/C15H14FNO4/c1-19-13-8-11(16)12(9-14(13)20-2)17-15(18)6-5-10-4-3-7-21-10/h3-9H,1-2H3,(H,17,18). The van der Waals surface area contributed by atoms with E-state index in [1.165, 1.54) is 38.7 Å². The number of methoxy groups -OCH3 is 2. The number of nitrogens with one attached hydrogen (secondary N) is 1. The number of carbonyl (C=O) groups is 1. The Morgan fingerprint density at radius 1 is 1.29 bits per heavy atom. The maximum Gasteiger partial charge on any atom is 0.248 e. The number of hydrogen-bond donors (Lipinski definition) is 1. The monoisotopic (exact) mass is 291 g/mol. The summed E-state index contributed by atoms with van der Waals surface area (Å²) in [6.07, 6.45) is 4.22. The van der Waals surface area contributed by atoms with Gasteiger partial charge in [0.2, 0.25) is 5.91 Å². The molecule has 1 aromatic heterocycles. The van der Waals surface area contributed by atoms with Gasteiger partial charge in [0.1, 0.15) is 5.76 Å². The van der Waals surface area contributed by atoms with Crippen LogP contribution in [0, 0.1) is 5.82 Å². The van der Waals surface area contributed by atoms with Crippen molar-refractivity contribution in [3.8, 4) is 11.5 Å². The van der Waals surface area contributed by atoms with Gasteiger partial charge >= 0.3 is 0 Å². The number of benzene rings is 1. The molecule has 0 bridgehead atoms. The van der Waals surface area contributed by atoms with Gasteiger partial charge in [-0.15, -0.1) is 0 Å². The first-order chi connectivity index (χ1) is 10.1. The maximum absolute atomic E-state index is 13.8. The molecule has 21 heavy (non-hydrogen) atoms. The predicted molar refractivity (Wildman–Crippen MR) is 75.9 cm³/mol. The van der Waals surface area contributed by atoms with Crippen molar-refractivity contribution in [2.24, 2.45) is 0 Å². The number of ether oxygens (including phenoxy) is 2. The van der Waals surface area contributed by atoms with Crippen molar-refractivity contribution in [3.63, 3.8) is 0 Å². The van der Waals surface area contributed by atoms with Gasteiger partial charge in [0, 0.05) is 18.2 Å². The number of hydrogen-bond acceptors (Lipinski definition) is 4. The lowest BCUT2D eigenvalue weighted by Crippen LogP contribution is -2.09. The lowest BCUT2D eigenvalue weighted by molar-refractivity contribution is -0.111. The van der Waals surface area contributed by atoms with Gasteiger partial charge in [0.15, 0.2) is 17.3 Å². The Morgan fingerprint density at radius 3 is 2.62 bits per heavy atom. The molecule has 0 saturated carbocycles. The SMILES string of the molecule is COc1cc(F)c(NC(=O)C=Cc2ccco2)cc1OC. The third-order valence-electron chi connectivity index (χ3n) is 2.67. The minimum absolute atomic E-state index is 0.00162. The van der Waals surface area contributed by atoms with Crippen LogP contribution in [0.1, 0.15) is 5.76 Å². The zero-order chi connectivity index (χ0) is 15.2.